The minimum Gasteiger partial charge on any atom is -0.508 e. The Kier molecular flexibility index (Phi) is 3.92. The van der Waals surface area contributed by atoms with Crippen molar-refractivity contribution in [1.82, 2.24) is 0 Å². The zero-order valence-electron chi connectivity index (χ0n) is 15.3. The van der Waals surface area contributed by atoms with E-state index in [-0.39, 0.29) is 28.0 Å². The van der Waals surface area contributed by atoms with Gasteiger partial charge in [0.05, 0.1) is 17.0 Å². The molecular formula is C23H13F2NO4. The van der Waals surface area contributed by atoms with Crippen molar-refractivity contribution in [3.8, 4) is 5.75 Å². The average Bonchev–Trinajstić information content (AvgIpc) is 3.03. The highest BCUT2D eigenvalue weighted by Gasteiger charge is 2.43. The van der Waals surface area contributed by atoms with Crippen molar-refractivity contribution in [2.75, 3.05) is 4.90 Å². The Morgan fingerprint density at radius 1 is 0.867 bits per heavy atom. The van der Waals surface area contributed by atoms with Crippen LogP contribution < -0.4 is 10.3 Å². The van der Waals surface area contributed by atoms with Crippen LogP contribution in [0.25, 0.3) is 11.0 Å². The maximum atomic E-state index is 13.8. The van der Waals surface area contributed by atoms with Crippen LogP contribution in [-0.2, 0) is 0 Å². The highest BCUT2D eigenvalue weighted by Crippen LogP contribution is 2.41. The van der Waals surface area contributed by atoms with Crippen LogP contribution in [0, 0.1) is 11.6 Å². The molecule has 0 bridgehead atoms. The molecule has 0 spiro atoms. The zero-order valence-corrected chi connectivity index (χ0v) is 15.3. The summed E-state index contributed by atoms with van der Waals surface area (Å²) in [5.74, 6) is -1.78. The fraction of sp³-hybridized carbons (Fsp3) is 0.0435. The van der Waals surface area contributed by atoms with Crippen LogP contribution >= 0.6 is 0 Å². The molecule has 1 unspecified atom stereocenters. The molecule has 4 aromatic rings. The summed E-state index contributed by atoms with van der Waals surface area (Å²) in [7, 11) is 0. The normalized spacial score (nSPS) is 15.6. The summed E-state index contributed by atoms with van der Waals surface area (Å²) < 4.78 is 32.9. The number of carbonyl (C=O) groups is 1. The van der Waals surface area contributed by atoms with Crippen LogP contribution in [0.3, 0.4) is 0 Å². The van der Waals surface area contributed by atoms with Crippen LogP contribution in [0.4, 0.5) is 14.5 Å². The van der Waals surface area contributed by atoms with Gasteiger partial charge in [-0.05, 0) is 60.2 Å². The number of hydrogen-bond donors (Lipinski definition) is 1. The third-order valence-electron chi connectivity index (χ3n) is 5.15. The molecule has 1 atom stereocenters. The van der Waals surface area contributed by atoms with Crippen molar-refractivity contribution in [3.05, 3.63) is 105 Å². The molecule has 1 aliphatic rings. The average molecular weight is 405 g/mol. The van der Waals surface area contributed by atoms with Crippen molar-refractivity contribution in [3.63, 3.8) is 0 Å². The summed E-state index contributed by atoms with van der Waals surface area (Å²) in [5, 5.41) is 9.66. The third-order valence-corrected chi connectivity index (χ3v) is 5.15. The SMILES string of the molecule is O=C1c2oc3ccc(F)cc3c(=O)c2C(c2ccc(O)cc2)N1c1ccc(F)cc1. The quantitative estimate of drug-likeness (QED) is 0.532. The summed E-state index contributed by atoms with van der Waals surface area (Å²) in [6.07, 6.45) is 0. The molecule has 148 valence electrons. The highest BCUT2D eigenvalue weighted by molar-refractivity contribution is 6.10. The first-order valence-corrected chi connectivity index (χ1v) is 9.08. The van der Waals surface area contributed by atoms with E-state index in [9.17, 15) is 23.5 Å². The molecule has 3 aromatic carbocycles. The predicted octanol–water partition coefficient (Wildman–Crippen LogP) is 4.53. The van der Waals surface area contributed by atoms with Gasteiger partial charge in [-0.25, -0.2) is 8.78 Å². The molecule has 1 aliphatic heterocycles. The van der Waals surface area contributed by atoms with E-state index in [0.29, 0.717) is 11.3 Å². The van der Waals surface area contributed by atoms with E-state index in [1.807, 2.05) is 0 Å². The van der Waals surface area contributed by atoms with E-state index in [1.54, 1.807) is 12.1 Å². The van der Waals surface area contributed by atoms with Crippen molar-refractivity contribution in [1.29, 1.82) is 0 Å². The first kappa shape index (κ1) is 18.1. The van der Waals surface area contributed by atoms with Crippen molar-refractivity contribution in [2.24, 2.45) is 0 Å². The van der Waals surface area contributed by atoms with E-state index < -0.39 is 29.0 Å². The van der Waals surface area contributed by atoms with Crippen LogP contribution in [0.1, 0.15) is 27.7 Å². The molecule has 0 saturated heterocycles. The van der Waals surface area contributed by atoms with E-state index in [1.165, 1.54) is 47.4 Å². The molecule has 0 radical (unpaired) electrons. The lowest BCUT2D eigenvalue weighted by Gasteiger charge is -2.25. The first-order chi connectivity index (χ1) is 14.4. The number of amides is 1. The smallest absolute Gasteiger partial charge is 0.295 e. The lowest BCUT2D eigenvalue weighted by molar-refractivity contribution is 0.0971. The number of fused-ring (bicyclic) bond motifs is 2. The molecule has 5 nitrogen and oxygen atoms in total. The van der Waals surface area contributed by atoms with Crippen LogP contribution in [0.15, 0.2) is 75.9 Å². The van der Waals surface area contributed by atoms with Crippen molar-refractivity contribution < 1.29 is 23.1 Å². The third kappa shape index (κ3) is 2.67. The maximum absolute atomic E-state index is 13.8. The second-order valence-corrected chi connectivity index (χ2v) is 6.96. The fourth-order valence-corrected chi connectivity index (χ4v) is 3.79. The molecule has 7 heteroatoms. The summed E-state index contributed by atoms with van der Waals surface area (Å²) >= 11 is 0. The van der Waals surface area contributed by atoms with Gasteiger partial charge in [-0.3, -0.25) is 14.5 Å². The topological polar surface area (TPSA) is 70.8 Å². The maximum Gasteiger partial charge on any atom is 0.295 e. The standard InChI is InChI=1S/C23H13F2NO4/c24-13-3-6-15(7-4-13)26-20(12-1-8-16(27)9-2-12)19-21(28)17-11-14(25)5-10-18(17)30-22(19)23(26)29/h1-11,20,27H. The molecule has 2 heterocycles. The Bertz CT molecular complexity index is 1360. The largest absolute Gasteiger partial charge is 0.508 e. The van der Waals surface area contributed by atoms with E-state index in [0.717, 1.165) is 12.1 Å². The highest BCUT2D eigenvalue weighted by atomic mass is 19.1. The number of phenols is 1. The molecule has 0 aliphatic carbocycles. The molecule has 1 N–H and O–H groups in total. The minimum atomic E-state index is -0.887. The van der Waals surface area contributed by atoms with Gasteiger partial charge in [-0.15, -0.1) is 0 Å². The van der Waals surface area contributed by atoms with Gasteiger partial charge in [-0.2, -0.15) is 0 Å². The molecule has 1 amide bonds. The lowest BCUT2D eigenvalue weighted by atomic mass is 9.98. The van der Waals surface area contributed by atoms with Gasteiger partial charge < -0.3 is 9.52 Å². The monoisotopic (exact) mass is 405 g/mol. The second-order valence-electron chi connectivity index (χ2n) is 6.96. The Morgan fingerprint density at radius 2 is 1.53 bits per heavy atom. The lowest BCUT2D eigenvalue weighted by Crippen LogP contribution is -2.29. The van der Waals surface area contributed by atoms with E-state index in [4.69, 9.17) is 4.42 Å². The molecule has 1 aromatic heterocycles. The molecule has 5 rings (SSSR count). The number of phenolic OH excluding ortho intramolecular Hbond substituents is 1. The zero-order chi connectivity index (χ0) is 21.0. The number of aromatic hydroxyl groups is 1. The first-order valence-electron chi connectivity index (χ1n) is 9.08. The summed E-state index contributed by atoms with van der Waals surface area (Å²) in [4.78, 5) is 27.9. The minimum absolute atomic E-state index is 0.0178. The number of anilines is 1. The van der Waals surface area contributed by atoms with Crippen LogP contribution in [0.5, 0.6) is 5.75 Å². The Morgan fingerprint density at radius 3 is 2.23 bits per heavy atom. The fourth-order valence-electron chi connectivity index (χ4n) is 3.79. The Labute approximate surface area is 168 Å². The Balaban J connectivity index is 1.81. The van der Waals surface area contributed by atoms with Crippen LogP contribution in [0.2, 0.25) is 0 Å². The van der Waals surface area contributed by atoms with Gasteiger partial charge in [0.2, 0.25) is 5.76 Å². The number of hydrogen-bond acceptors (Lipinski definition) is 4. The van der Waals surface area contributed by atoms with Crippen molar-refractivity contribution >= 4 is 22.6 Å². The number of rotatable bonds is 2. The van der Waals surface area contributed by atoms with Gasteiger partial charge in [0.25, 0.3) is 5.91 Å². The summed E-state index contributed by atoms with van der Waals surface area (Å²) in [6, 6.07) is 13.9. The van der Waals surface area contributed by atoms with Crippen molar-refractivity contribution in [2.45, 2.75) is 6.04 Å². The van der Waals surface area contributed by atoms with E-state index >= 15 is 0 Å². The predicted molar refractivity (Wildman–Crippen MR) is 106 cm³/mol. The van der Waals surface area contributed by atoms with Gasteiger partial charge >= 0.3 is 0 Å². The van der Waals surface area contributed by atoms with Gasteiger partial charge in [0, 0.05) is 5.69 Å². The summed E-state index contributed by atoms with van der Waals surface area (Å²) in [5.41, 5.74) is 0.529. The number of benzene rings is 3. The number of nitrogens with zero attached hydrogens (tertiary/aromatic N) is 1. The summed E-state index contributed by atoms with van der Waals surface area (Å²) in [6.45, 7) is 0. The van der Waals surface area contributed by atoms with Gasteiger partial charge in [0.1, 0.15) is 23.0 Å². The van der Waals surface area contributed by atoms with Gasteiger partial charge in [0.15, 0.2) is 5.43 Å². The van der Waals surface area contributed by atoms with Gasteiger partial charge in [-0.1, -0.05) is 12.1 Å². The molecule has 0 fully saturated rings. The Hall–Kier alpha value is -4.00. The molecular weight excluding hydrogens is 392 g/mol. The number of halogens is 2. The van der Waals surface area contributed by atoms with Crippen LogP contribution in [-0.4, -0.2) is 11.0 Å². The second kappa shape index (κ2) is 6.52. The van der Waals surface area contributed by atoms with E-state index in [2.05, 4.69) is 0 Å². The molecule has 30 heavy (non-hydrogen) atoms. The molecule has 0 saturated carbocycles. The number of carbonyl (C=O) groups excluding carboxylic acids is 1.